The Morgan fingerprint density at radius 1 is 1.10 bits per heavy atom. The second kappa shape index (κ2) is 7.82. The van der Waals surface area contributed by atoms with Crippen LogP contribution in [0, 0.1) is 5.41 Å². The summed E-state index contributed by atoms with van der Waals surface area (Å²) in [5.74, 6) is 0.154. The van der Waals surface area contributed by atoms with Gasteiger partial charge in [0.1, 0.15) is 5.60 Å². The van der Waals surface area contributed by atoms with E-state index in [-0.39, 0.29) is 18.0 Å². The number of amides is 2. The maximum atomic E-state index is 12.8. The van der Waals surface area contributed by atoms with Crippen LogP contribution >= 0.6 is 11.6 Å². The molecule has 0 spiro atoms. The SMILES string of the molecule is CC(C)(C)OC(=O)N1CCC[C@H]1c1cc(Cl)cc2c1CCN(C(=O)C(C)(C)C)C2. The summed E-state index contributed by atoms with van der Waals surface area (Å²) in [5.41, 5.74) is 2.50. The molecule has 2 aliphatic heterocycles. The highest BCUT2D eigenvalue weighted by atomic mass is 35.5. The zero-order valence-electron chi connectivity index (χ0n) is 18.5. The maximum absolute atomic E-state index is 12.8. The van der Waals surface area contributed by atoms with Gasteiger partial charge < -0.3 is 14.5 Å². The van der Waals surface area contributed by atoms with Gasteiger partial charge in [-0.1, -0.05) is 32.4 Å². The monoisotopic (exact) mass is 420 g/mol. The number of ether oxygens (including phenoxy) is 1. The molecule has 0 N–H and O–H groups in total. The molecular weight excluding hydrogens is 388 g/mol. The van der Waals surface area contributed by atoms with Crippen LogP contribution in [0.3, 0.4) is 0 Å². The molecule has 0 bridgehead atoms. The lowest BCUT2D eigenvalue weighted by molar-refractivity contribution is -0.140. The molecule has 160 valence electrons. The van der Waals surface area contributed by atoms with Crippen LogP contribution in [0.15, 0.2) is 12.1 Å². The van der Waals surface area contributed by atoms with Gasteiger partial charge >= 0.3 is 6.09 Å². The molecule has 0 radical (unpaired) electrons. The Morgan fingerprint density at radius 2 is 1.79 bits per heavy atom. The molecule has 1 fully saturated rings. The summed E-state index contributed by atoms with van der Waals surface area (Å²) < 4.78 is 5.63. The first-order chi connectivity index (χ1) is 13.4. The fourth-order valence-electron chi connectivity index (χ4n) is 4.27. The molecule has 1 atom stereocenters. The molecule has 0 aromatic heterocycles. The predicted octanol–water partition coefficient (Wildman–Crippen LogP) is 5.34. The zero-order valence-corrected chi connectivity index (χ0v) is 19.2. The number of halogens is 1. The summed E-state index contributed by atoms with van der Waals surface area (Å²) in [6, 6.07) is 3.94. The first-order valence-electron chi connectivity index (χ1n) is 10.5. The minimum absolute atomic E-state index is 0.0258. The van der Waals surface area contributed by atoms with E-state index in [1.807, 2.05) is 63.5 Å². The predicted molar refractivity (Wildman–Crippen MR) is 115 cm³/mol. The van der Waals surface area contributed by atoms with Crippen LogP contribution in [0.25, 0.3) is 0 Å². The lowest BCUT2D eigenvalue weighted by atomic mass is 9.88. The number of benzene rings is 1. The van der Waals surface area contributed by atoms with Gasteiger partial charge in [-0.2, -0.15) is 0 Å². The maximum Gasteiger partial charge on any atom is 0.410 e. The van der Waals surface area contributed by atoms with E-state index in [4.69, 9.17) is 16.3 Å². The Bertz CT molecular complexity index is 808. The Morgan fingerprint density at radius 3 is 2.41 bits per heavy atom. The Kier molecular flexibility index (Phi) is 5.92. The van der Waals surface area contributed by atoms with E-state index in [9.17, 15) is 9.59 Å². The Labute approximate surface area is 179 Å². The van der Waals surface area contributed by atoms with E-state index in [0.717, 1.165) is 30.4 Å². The Balaban J connectivity index is 1.89. The van der Waals surface area contributed by atoms with Crippen LogP contribution in [0.5, 0.6) is 0 Å². The summed E-state index contributed by atoms with van der Waals surface area (Å²) in [7, 11) is 0. The topological polar surface area (TPSA) is 49.9 Å². The summed E-state index contributed by atoms with van der Waals surface area (Å²) in [6.45, 7) is 13.5. The number of fused-ring (bicyclic) bond motifs is 1. The van der Waals surface area contributed by atoms with E-state index < -0.39 is 11.0 Å². The van der Waals surface area contributed by atoms with Crippen molar-refractivity contribution in [3.8, 4) is 0 Å². The standard InChI is InChI=1S/C23H33ClN2O3/c1-22(2,3)20(27)25-11-9-17-15(14-25)12-16(24)13-18(17)19-8-7-10-26(19)21(28)29-23(4,5)6/h12-13,19H,7-11,14H2,1-6H3/t19-/m0/s1. The highest BCUT2D eigenvalue weighted by molar-refractivity contribution is 6.30. The average Bonchev–Trinajstić information content (AvgIpc) is 3.07. The molecular formula is C23H33ClN2O3. The van der Waals surface area contributed by atoms with Crippen molar-refractivity contribution in [2.45, 2.75) is 79.0 Å². The number of nitrogens with zero attached hydrogens (tertiary/aromatic N) is 2. The molecule has 5 nitrogen and oxygen atoms in total. The van der Waals surface area contributed by atoms with Crippen LogP contribution in [-0.2, 0) is 22.5 Å². The molecule has 1 aromatic carbocycles. The molecule has 0 saturated carbocycles. The van der Waals surface area contributed by atoms with Crippen molar-refractivity contribution in [2.75, 3.05) is 13.1 Å². The van der Waals surface area contributed by atoms with Gasteiger partial charge in [0.25, 0.3) is 0 Å². The number of rotatable bonds is 1. The van der Waals surface area contributed by atoms with E-state index in [1.54, 1.807) is 0 Å². The number of carbonyl (C=O) groups excluding carboxylic acids is 2. The lowest BCUT2D eigenvalue weighted by Crippen LogP contribution is -2.43. The fourth-order valence-corrected chi connectivity index (χ4v) is 4.52. The van der Waals surface area contributed by atoms with Crippen LogP contribution in [0.1, 0.15) is 77.1 Å². The van der Waals surface area contributed by atoms with Crippen LogP contribution in [0.2, 0.25) is 5.02 Å². The minimum Gasteiger partial charge on any atom is -0.444 e. The summed E-state index contributed by atoms with van der Waals surface area (Å²) >= 11 is 6.47. The first kappa shape index (κ1) is 21.9. The van der Waals surface area contributed by atoms with Gasteiger partial charge in [0.05, 0.1) is 6.04 Å². The second-order valence-corrected chi connectivity index (χ2v) is 10.6. The molecule has 1 aromatic rings. The third kappa shape index (κ3) is 4.88. The van der Waals surface area contributed by atoms with Gasteiger partial charge in [-0.15, -0.1) is 0 Å². The fraction of sp³-hybridized carbons (Fsp3) is 0.652. The molecule has 0 aliphatic carbocycles. The number of carbonyl (C=O) groups is 2. The molecule has 3 rings (SSSR count). The third-order valence-corrected chi connectivity index (χ3v) is 5.72. The van der Waals surface area contributed by atoms with Crippen LogP contribution < -0.4 is 0 Å². The van der Waals surface area contributed by atoms with E-state index >= 15 is 0 Å². The third-order valence-electron chi connectivity index (χ3n) is 5.50. The van der Waals surface area contributed by atoms with Gasteiger partial charge in [0.2, 0.25) is 5.91 Å². The van der Waals surface area contributed by atoms with E-state index in [1.165, 1.54) is 5.56 Å². The summed E-state index contributed by atoms with van der Waals surface area (Å²) in [5, 5.41) is 0.653. The smallest absolute Gasteiger partial charge is 0.410 e. The first-order valence-corrected chi connectivity index (χ1v) is 10.8. The van der Waals surface area contributed by atoms with Crippen molar-refractivity contribution in [3.63, 3.8) is 0 Å². The molecule has 2 aliphatic rings. The van der Waals surface area contributed by atoms with Gasteiger partial charge in [0.15, 0.2) is 0 Å². The van der Waals surface area contributed by atoms with Crippen molar-refractivity contribution in [2.24, 2.45) is 5.41 Å². The van der Waals surface area contributed by atoms with Crippen LogP contribution in [-0.4, -0.2) is 40.5 Å². The van der Waals surface area contributed by atoms with Crippen molar-refractivity contribution < 1.29 is 14.3 Å². The molecule has 29 heavy (non-hydrogen) atoms. The number of likely N-dealkylation sites (tertiary alicyclic amines) is 1. The largest absolute Gasteiger partial charge is 0.444 e. The van der Waals surface area contributed by atoms with Gasteiger partial charge in [-0.3, -0.25) is 4.79 Å². The normalized spacial score (nSPS) is 19.9. The molecule has 0 unspecified atom stereocenters. The highest BCUT2D eigenvalue weighted by Gasteiger charge is 2.36. The highest BCUT2D eigenvalue weighted by Crippen LogP contribution is 2.39. The average molecular weight is 421 g/mol. The summed E-state index contributed by atoms with van der Waals surface area (Å²) in [4.78, 5) is 29.3. The van der Waals surface area contributed by atoms with Gasteiger partial charge in [-0.05, 0) is 68.9 Å². The van der Waals surface area contributed by atoms with Crippen molar-refractivity contribution in [1.82, 2.24) is 9.80 Å². The lowest BCUT2D eigenvalue weighted by Gasteiger charge is -2.36. The van der Waals surface area contributed by atoms with Crippen molar-refractivity contribution in [1.29, 1.82) is 0 Å². The molecule has 2 heterocycles. The molecule has 2 amide bonds. The molecule has 6 heteroatoms. The number of hydrogen-bond donors (Lipinski definition) is 0. The second-order valence-electron chi connectivity index (χ2n) is 10.2. The van der Waals surface area contributed by atoms with Crippen molar-refractivity contribution in [3.05, 3.63) is 33.8 Å². The molecule has 1 saturated heterocycles. The van der Waals surface area contributed by atoms with E-state index in [0.29, 0.717) is 24.7 Å². The minimum atomic E-state index is -0.522. The Hall–Kier alpha value is -1.75. The summed E-state index contributed by atoms with van der Waals surface area (Å²) in [6.07, 6.45) is 2.35. The quantitative estimate of drug-likeness (QED) is 0.615. The zero-order chi connectivity index (χ0) is 21.6. The van der Waals surface area contributed by atoms with Crippen molar-refractivity contribution >= 4 is 23.6 Å². The van der Waals surface area contributed by atoms with Gasteiger partial charge in [-0.25, -0.2) is 4.79 Å². The van der Waals surface area contributed by atoms with Gasteiger partial charge in [0, 0.05) is 30.1 Å². The van der Waals surface area contributed by atoms with E-state index in [2.05, 4.69) is 0 Å². The van der Waals surface area contributed by atoms with Crippen LogP contribution in [0.4, 0.5) is 4.79 Å². The number of hydrogen-bond acceptors (Lipinski definition) is 3.